The van der Waals surface area contributed by atoms with Gasteiger partial charge in [-0.25, -0.2) is 0 Å². The molecule has 0 radical (unpaired) electrons. The lowest BCUT2D eigenvalue weighted by molar-refractivity contribution is 0.509. The summed E-state index contributed by atoms with van der Waals surface area (Å²) in [4.78, 5) is 0. The highest BCUT2D eigenvalue weighted by molar-refractivity contribution is 4.79. The van der Waals surface area contributed by atoms with Crippen LogP contribution in [0.5, 0.6) is 0 Å². The third kappa shape index (κ3) is 2.55. The Kier molecular flexibility index (Phi) is 3.56. The van der Waals surface area contributed by atoms with Crippen LogP contribution in [0, 0.1) is 5.92 Å². The Morgan fingerprint density at radius 3 is 2.60 bits per heavy atom. The van der Waals surface area contributed by atoms with E-state index in [1.807, 2.05) is 0 Å². The number of rotatable bonds is 3. The van der Waals surface area contributed by atoms with E-state index in [0.717, 1.165) is 5.92 Å². The maximum Gasteiger partial charge on any atom is -0.0348 e. The minimum atomic E-state index is 1.07. The minimum absolute atomic E-state index is 1.07. The first-order valence-corrected chi connectivity index (χ1v) is 4.54. The molecule has 0 aromatic rings. The van der Waals surface area contributed by atoms with Crippen LogP contribution in [0.4, 0.5) is 0 Å². The first-order chi connectivity index (χ1) is 4.93. The molecule has 10 heavy (non-hydrogen) atoms. The van der Waals surface area contributed by atoms with E-state index >= 15 is 0 Å². The van der Waals surface area contributed by atoms with Crippen molar-refractivity contribution in [2.24, 2.45) is 5.92 Å². The zero-order chi connectivity index (χ0) is 7.23. The van der Waals surface area contributed by atoms with Gasteiger partial charge in [-0.15, -0.1) is 0 Å². The molecule has 0 amide bonds. The van der Waals surface area contributed by atoms with Gasteiger partial charge < -0.3 is 0 Å². The highest BCUT2D eigenvalue weighted by Crippen LogP contribution is 2.28. The van der Waals surface area contributed by atoms with Gasteiger partial charge in [0.1, 0.15) is 0 Å². The third-order valence-electron chi connectivity index (χ3n) is 2.45. The Morgan fingerprint density at radius 2 is 2.00 bits per heavy atom. The van der Waals surface area contributed by atoms with Gasteiger partial charge in [-0.2, -0.15) is 0 Å². The van der Waals surface area contributed by atoms with Crippen LogP contribution in [0.3, 0.4) is 0 Å². The average molecular weight is 138 g/mol. The van der Waals surface area contributed by atoms with Gasteiger partial charge in [-0.1, -0.05) is 37.8 Å². The van der Waals surface area contributed by atoms with Gasteiger partial charge in [0.05, 0.1) is 0 Å². The molecule has 0 N–H and O–H groups in total. The predicted molar refractivity (Wildman–Crippen MR) is 46.0 cm³/mol. The van der Waals surface area contributed by atoms with Crippen LogP contribution >= 0.6 is 0 Å². The molecule has 1 saturated carbocycles. The lowest BCUT2D eigenvalue weighted by atomic mass is 10.0. The summed E-state index contributed by atoms with van der Waals surface area (Å²) in [7, 11) is 0. The number of hydrogen-bond donors (Lipinski definition) is 0. The highest BCUT2D eigenvalue weighted by Gasteiger charge is 2.12. The molecule has 0 spiro atoms. The Balaban J connectivity index is 2.01. The second kappa shape index (κ2) is 4.54. The molecule has 0 nitrogen and oxygen atoms in total. The second-order valence-electron chi connectivity index (χ2n) is 3.30. The fourth-order valence-corrected chi connectivity index (χ4v) is 1.80. The van der Waals surface area contributed by atoms with Gasteiger partial charge in [0.2, 0.25) is 0 Å². The van der Waals surface area contributed by atoms with E-state index in [0.29, 0.717) is 0 Å². The SMILES string of the molecule is C/C=C\CCC1CCCC1. The van der Waals surface area contributed by atoms with Crippen LogP contribution in [0.1, 0.15) is 45.4 Å². The first kappa shape index (κ1) is 7.84. The van der Waals surface area contributed by atoms with Gasteiger partial charge in [0.15, 0.2) is 0 Å². The molecule has 58 valence electrons. The van der Waals surface area contributed by atoms with E-state index in [1.54, 1.807) is 0 Å². The van der Waals surface area contributed by atoms with Gasteiger partial charge in [0.25, 0.3) is 0 Å². The van der Waals surface area contributed by atoms with Crippen LogP contribution in [0.15, 0.2) is 12.2 Å². The molecule has 0 saturated heterocycles. The maximum absolute atomic E-state index is 2.29. The fourth-order valence-electron chi connectivity index (χ4n) is 1.80. The Hall–Kier alpha value is -0.260. The molecular formula is C10H18. The summed E-state index contributed by atoms with van der Waals surface area (Å²) in [6.45, 7) is 2.11. The Bertz CT molecular complexity index is 96.6. The van der Waals surface area contributed by atoms with Crippen LogP contribution in [0.2, 0.25) is 0 Å². The van der Waals surface area contributed by atoms with Crippen molar-refractivity contribution < 1.29 is 0 Å². The molecule has 0 atom stereocenters. The van der Waals surface area contributed by atoms with Crippen LogP contribution in [0.25, 0.3) is 0 Å². The quantitative estimate of drug-likeness (QED) is 0.523. The first-order valence-electron chi connectivity index (χ1n) is 4.54. The summed E-state index contributed by atoms with van der Waals surface area (Å²) in [5.41, 5.74) is 0. The van der Waals surface area contributed by atoms with Gasteiger partial charge in [-0.3, -0.25) is 0 Å². The van der Waals surface area contributed by atoms with E-state index in [2.05, 4.69) is 19.1 Å². The van der Waals surface area contributed by atoms with E-state index in [-0.39, 0.29) is 0 Å². The molecule has 0 bridgehead atoms. The van der Waals surface area contributed by atoms with E-state index in [1.165, 1.54) is 38.5 Å². The second-order valence-corrected chi connectivity index (χ2v) is 3.30. The monoisotopic (exact) mass is 138 g/mol. The lowest BCUT2D eigenvalue weighted by Crippen LogP contribution is -1.90. The summed E-state index contributed by atoms with van der Waals surface area (Å²) in [6.07, 6.45) is 13.2. The molecule has 1 aliphatic rings. The average Bonchev–Trinajstić information content (AvgIpc) is 2.41. The van der Waals surface area contributed by atoms with Gasteiger partial charge >= 0.3 is 0 Å². The minimum Gasteiger partial charge on any atom is -0.0917 e. The standard InChI is InChI=1S/C10H18/c1-2-3-4-7-10-8-5-6-9-10/h2-3,10H,4-9H2,1H3/b3-2-. The van der Waals surface area contributed by atoms with Crippen molar-refractivity contribution in [1.29, 1.82) is 0 Å². The van der Waals surface area contributed by atoms with E-state index in [9.17, 15) is 0 Å². The van der Waals surface area contributed by atoms with Crippen LogP contribution < -0.4 is 0 Å². The fraction of sp³-hybridized carbons (Fsp3) is 0.800. The molecule has 0 aliphatic heterocycles. The summed E-state index contributed by atoms with van der Waals surface area (Å²) < 4.78 is 0. The van der Waals surface area contributed by atoms with E-state index < -0.39 is 0 Å². The summed E-state index contributed by atoms with van der Waals surface area (Å²) in [5, 5.41) is 0. The maximum atomic E-state index is 2.29. The largest absolute Gasteiger partial charge is 0.0917 e. The van der Waals surface area contributed by atoms with Crippen molar-refractivity contribution in [3.63, 3.8) is 0 Å². The van der Waals surface area contributed by atoms with Crippen LogP contribution in [-0.4, -0.2) is 0 Å². The molecular weight excluding hydrogens is 120 g/mol. The van der Waals surface area contributed by atoms with E-state index in [4.69, 9.17) is 0 Å². The predicted octanol–water partition coefficient (Wildman–Crippen LogP) is 3.53. The van der Waals surface area contributed by atoms with Crippen molar-refractivity contribution >= 4 is 0 Å². The Morgan fingerprint density at radius 1 is 1.30 bits per heavy atom. The molecule has 1 aliphatic carbocycles. The molecule has 0 unspecified atom stereocenters. The number of allylic oxidation sites excluding steroid dienone is 2. The molecule has 0 heterocycles. The normalized spacial score (nSPS) is 20.9. The molecule has 0 aromatic carbocycles. The molecule has 1 fully saturated rings. The van der Waals surface area contributed by atoms with Crippen molar-refractivity contribution in [2.75, 3.05) is 0 Å². The highest BCUT2D eigenvalue weighted by atomic mass is 14.2. The summed E-state index contributed by atoms with van der Waals surface area (Å²) in [6, 6.07) is 0. The van der Waals surface area contributed by atoms with Crippen molar-refractivity contribution in [2.45, 2.75) is 45.4 Å². The topological polar surface area (TPSA) is 0 Å². The number of hydrogen-bond acceptors (Lipinski definition) is 0. The third-order valence-corrected chi connectivity index (χ3v) is 2.45. The van der Waals surface area contributed by atoms with Crippen molar-refractivity contribution in [3.8, 4) is 0 Å². The van der Waals surface area contributed by atoms with Crippen molar-refractivity contribution in [3.05, 3.63) is 12.2 Å². The van der Waals surface area contributed by atoms with Gasteiger partial charge in [-0.05, 0) is 25.7 Å². The Labute approximate surface area is 64.3 Å². The molecule has 0 heteroatoms. The van der Waals surface area contributed by atoms with Crippen LogP contribution in [-0.2, 0) is 0 Å². The summed E-state index contributed by atoms with van der Waals surface area (Å²) >= 11 is 0. The van der Waals surface area contributed by atoms with Crippen molar-refractivity contribution in [1.82, 2.24) is 0 Å². The molecule has 0 aromatic heterocycles. The molecule has 1 rings (SSSR count). The zero-order valence-electron chi connectivity index (χ0n) is 6.97. The van der Waals surface area contributed by atoms with Gasteiger partial charge in [0, 0.05) is 0 Å². The zero-order valence-corrected chi connectivity index (χ0v) is 6.97. The lowest BCUT2D eigenvalue weighted by Gasteiger charge is -2.04. The smallest absolute Gasteiger partial charge is 0.0348 e. The summed E-state index contributed by atoms with van der Waals surface area (Å²) in [5.74, 6) is 1.07.